The molecule has 0 bridgehead atoms. The fraction of sp³-hybridized carbons (Fsp3) is 0.222. The molecule has 0 saturated carbocycles. The summed E-state index contributed by atoms with van der Waals surface area (Å²) in [4.78, 5) is 11.2. The lowest BCUT2D eigenvalue weighted by molar-refractivity contribution is 0.0596. The quantitative estimate of drug-likeness (QED) is 0.758. The fourth-order valence-electron chi connectivity index (χ4n) is 1.12. The van der Waals surface area contributed by atoms with Gasteiger partial charge in [-0.3, -0.25) is 0 Å². The predicted molar refractivity (Wildman–Crippen MR) is 53.5 cm³/mol. The molecule has 76 valence electrons. The molecule has 1 rings (SSSR count). The summed E-state index contributed by atoms with van der Waals surface area (Å²) in [6.07, 6.45) is 0. The molecule has 1 aromatic carbocycles. The van der Waals surface area contributed by atoms with E-state index in [1.807, 2.05) is 0 Å². The van der Waals surface area contributed by atoms with E-state index in [1.165, 1.54) is 13.2 Å². The van der Waals surface area contributed by atoms with Crippen molar-refractivity contribution in [3.05, 3.63) is 21.7 Å². The van der Waals surface area contributed by atoms with Gasteiger partial charge in [0.15, 0.2) is 0 Å². The zero-order chi connectivity index (χ0) is 10.9. The predicted octanol–water partition coefficient (Wildman–Crippen LogP) is 1.96. The molecule has 0 radical (unpaired) electrons. The maximum Gasteiger partial charge on any atom is 0.341 e. The molecular formula is C9H9BrO4. The van der Waals surface area contributed by atoms with Crippen molar-refractivity contribution in [3.8, 4) is 11.5 Å². The van der Waals surface area contributed by atoms with Crippen LogP contribution in [-0.4, -0.2) is 23.3 Å². The van der Waals surface area contributed by atoms with Crippen LogP contribution in [0.2, 0.25) is 0 Å². The Morgan fingerprint density at radius 3 is 2.57 bits per heavy atom. The Morgan fingerprint density at radius 1 is 1.50 bits per heavy atom. The number of halogens is 1. The summed E-state index contributed by atoms with van der Waals surface area (Å²) < 4.78 is 4.58. The molecule has 0 aromatic heterocycles. The highest BCUT2D eigenvalue weighted by Gasteiger charge is 2.19. The summed E-state index contributed by atoms with van der Waals surface area (Å²) in [6, 6.07) is 1.37. The van der Waals surface area contributed by atoms with Crippen molar-refractivity contribution in [2.75, 3.05) is 7.11 Å². The highest BCUT2D eigenvalue weighted by Crippen LogP contribution is 2.37. The molecule has 4 nitrogen and oxygen atoms in total. The molecule has 14 heavy (non-hydrogen) atoms. The minimum absolute atomic E-state index is 0.0529. The number of phenolic OH excluding ortho intramolecular Hbond substituents is 2. The molecule has 0 saturated heterocycles. The van der Waals surface area contributed by atoms with Crippen molar-refractivity contribution in [1.82, 2.24) is 0 Å². The van der Waals surface area contributed by atoms with Gasteiger partial charge in [0.25, 0.3) is 0 Å². The second-order valence-electron chi connectivity index (χ2n) is 2.74. The third-order valence-electron chi connectivity index (χ3n) is 1.81. The van der Waals surface area contributed by atoms with Crippen LogP contribution in [0.5, 0.6) is 11.5 Å². The number of rotatable bonds is 1. The number of carbonyl (C=O) groups excluding carboxylic acids is 1. The average molecular weight is 261 g/mol. The monoisotopic (exact) mass is 260 g/mol. The van der Waals surface area contributed by atoms with E-state index in [0.29, 0.717) is 5.56 Å². The smallest absolute Gasteiger partial charge is 0.341 e. The minimum atomic E-state index is -0.638. The van der Waals surface area contributed by atoms with Crippen molar-refractivity contribution in [1.29, 1.82) is 0 Å². The number of aromatic hydroxyl groups is 2. The van der Waals surface area contributed by atoms with E-state index < -0.39 is 5.97 Å². The van der Waals surface area contributed by atoms with Crippen LogP contribution in [0.15, 0.2) is 10.5 Å². The molecule has 1 aromatic rings. The molecular weight excluding hydrogens is 252 g/mol. The van der Waals surface area contributed by atoms with Gasteiger partial charge in [-0.05, 0) is 34.5 Å². The van der Waals surface area contributed by atoms with Crippen LogP contribution in [0.1, 0.15) is 15.9 Å². The first-order chi connectivity index (χ1) is 6.49. The van der Waals surface area contributed by atoms with Crippen molar-refractivity contribution in [2.24, 2.45) is 0 Å². The Bertz CT molecular complexity index is 387. The topological polar surface area (TPSA) is 66.8 Å². The van der Waals surface area contributed by atoms with Gasteiger partial charge in [0.05, 0.1) is 7.11 Å². The maximum absolute atomic E-state index is 11.2. The van der Waals surface area contributed by atoms with Gasteiger partial charge >= 0.3 is 5.97 Å². The number of carbonyl (C=O) groups is 1. The Labute approximate surface area is 89.3 Å². The maximum atomic E-state index is 11.2. The molecule has 0 spiro atoms. The number of hydrogen-bond donors (Lipinski definition) is 2. The van der Waals surface area contributed by atoms with Crippen LogP contribution in [0.3, 0.4) is 0 Å². The highest BCUT2D eigenvalue weighted by atomic mass is 79.9. The van der Waals surface area contributed by atoms with Crippen molar-refractivity contribution >= 4 is 21.9 Å². The first kappa shape index (κ1) is 10.8. The van der Waals surface area contributed by atoms with Crippen LogP contribution in [0.4, 0.5) is 0 Å². The van der Waals surface area contributed by atoms with E-state index in [1.54, 1.807) is 6.92 Å². The van der Waals surface area contributed by atoms with Gasteiger partial charge in [0, 0.05) is 0 Å². The van der Waals surface area contributed by atoms with Gasteiger partial charge in [-0.2, -0.15) is 0 Å². The number of aryl methyl sites for hydroxylation is 1. The Morgan fingerprint density at radius 2 is 2.07 bits per heavy atom. The average Bonchev–Trinajstić information content (AvgIpc) is 2.14. The first-order valence-electron chi connectivity index (χ1n) is 3.78. The number of benzene rings is 1. The number of hydrogen-bond acceptors (Lipinski definition) is 4. The molecule has 0 amide bonds. The molecule has 0 aliphatic carbocycles. The molecule has 5 heteroatoms. The lowest BCUT2D eigenvalue weighted by Gasteiger charge is -2.09. The molecule has 0 atom stereocenters. The van der Waals surface area contributed by atoms with Gasteiger partial charge in [-0.15, -0.1) is 0 Å². The molecule has 0 fully saturated rings. The first-order valence-corrected chi connectivity index (χ1v) is 4.57. The van der Waals surface area contributed by atoms with Crippen LogP contribution in [-0.2, 0) is 4.74 Å². The summed E-state index contributed by atoms with van der Waals surface area (Å²) >= 11 is 2.95. The van der Waals surface area contributed by atoms with E-state index in [4.69, 9.17) is 0 Å². The van der Waals surface area contributed by atoms with Gasteiger partial charge in [0.1, 0.15) is 21.5 Å². The van der Waals surface area contributed by atoms with Crippen LogP contribution >= 0.6 is 15.9 Å². The standard InChI is InChI=1S/C9H9BrO4/c1-4-3-5(11)7(10)8(12)6(4)9(13)14-2/h3,11-12H,1-2H3. The number of esters is 1. The second kappa shape index (κ2) is 3.88. The van der Waals surface area contributed by atoms with E-state index in [-0.39, 0.29) is 21.5 Å². The normalized spacial score (nSPS) is 9.93. The van der Waals surface area contributed by atoms with Gasteiger partial charge in [0.2, 0.25) is 0 Å². The van der Waals surface area contributed by atoms with E-state index >= 15 is 0 Å². The lowest BCUT2D eigenvalue weighted by atomic mass is 10.1. The van der Waals surface area contributed by atoms with E-state index in [2.05, 4.69) is 20.7 Å². The zero-order valence-electron chi connectivity index (χ0n) is 7.67. The second-order valence-corrected chi connectivity index (χ2v) is 3.53. The van der Waals surface area contributed by atoms with Crippen molar-refractivity contribution < 1.29 is 19.7 Å². The molecule has 2 N–H and O–H groups in total. The third-order valence-corrected chi connectivity index (χ3v) is 2.59. The number of ether oxygens (including phenoxy) is 1. The van der Waals surface area contributed by atoms with Gasteiger partial charge < -0.3 is 14.9 Å². The third kappa shape index (κ3) is 1.68. The summed E-state index contributed by atoms with van der Waals surface area (Å²) in [5, 5.41) is 18.9. The molecule has 0 aliphatic rings. The van der Waals surface area contributed by atoms with E-state index in [0.717, 1.165) is 0 Å². The van der Waals surface area contributed by atoms with Crippen LogP contribution in [0, 0.1) is 6.92 Å². The summed E-state index contributed by atoms with van der Waals surface area (Å²) in [6.45, 7) is 1.60. The number of methoxy groups -OCH3 is 1. The Kier molecular flexibility index (Phi) is 3.00. The molecule has 0 aliphatic heterocycles. The summed E-state index contributed by atoms with van der Waals surface area (Å²) in [5.74, 6) is -1.07. The lowest BCUT2D eigenvalue weighted by Crippen LogP contribution is -2.04. The van der Waals surface area contributed by atoms with Crippen molar-refractivity contribution in [2.45, 2.75) is 6.92 Å². The number of phenols is 2. The van der Waals surface area contributed by atoms with E-state index in [9.17, 15) is 15.0 Å². The summed E-state index contributed by atoms with van der Waals surface area (Å²) in [7, 11) is 1.22. The van der Waals surface area contributed by atoms with Gasteiger partial charge in [-0.25, -0.2) is 4.79 Å². The Balaban J connectivity index is 3.44. The molecule has 0 heterocycles. The highest BCUT2D eigenvalue weighted by molar-refractivity contribution is 9.10. The Hall–Kier alpha value is -1.23. The molecule has 0 unspecified atom stereocenters. The fourth-order valence-corrected chi connectivity index (χ4v) is 1.43. The largest absolute Gasteiger partial charge is 0.507 e. The SMILES string of the molecule is COC(=O)c1c(C)cc(O)c(Br)c1O. The minimum Gasteiger partial charge on any atom is -0.507 e. The zero-order valence-corrected chi connectivity index (χ0v) is 9.25. The van der Waals surface area contributed by atoms with Gasteiger partial charge in [-0.1, -0.05) is 0 Å². The van der Waals surface area contributed by atoms with Crippen LogP contribution < -0.4 is 0 Å². The summed E-state index contributed by atoms with van der Waals surface area (Å²) in [5.41, 5.74) is 0.507. The van der Waals surface area contributed by atoms with Crippen LogP contribution in [0.25, 0.3) is 0 Å². The van der Waals surface area contributed by atoms with Crippen molar-refractivity contribution in [3.63, 3.8) is 0 Å².